The smallest absolute Gasteiger partial charge is 0.380 e. The first-order chi connectivity index (χ1) is 5.16. The molecule has 0 unspecified atom stereocenters. The third-order valence-corrected chi connectivity index (χ3v) is 1.68. The maximum atomic E-state index is 10.7. The van der Waals surface area contributed by atoms with Crippen LogP contribution in [0, 0.1) is 6.92 Å². The van der Waals surface area contributed by atoms with E-state index in [9.17, 15) is 4.79 Å². The minimum atomic E-state index is -0.625. The number of hydrogen-bond acceptors (Lipinski definition) is 3. The Labute approximate surface area is 64.1 Å². The van der Waals surface area contributed by atoms with Crippen molar-refractivity contribution in [3.63, 3.8) is 0 Å². The Bertz CT molecular complexity index is 317. The van der Waals surface area contributed by atoms with Gasteiger partial charge in [0.2, 0.25) is 0 Å². The van der Waals surface area contributed by atoms with Gasteiger partial charge in [0, 0.05) is 6.20 Å². The molecule has 0 fully saturated rings. The second-order valence-electron chi connectivity index (χ2n) is 2.32. The van der Waals surface area contributed by atoms with Gasteiger partial charge in [-0.05, 0) is 18.9 Å². The average Bonchev–Trinajstić information content (AvgIpc) is 2.01. The monoisotopic (exact) mass is 154 g/mol. The van der Waals surface area contributed by atoms with Crippen LogP contribution in [-0.4, -0.2) is 14.9 Å². The van der Waals surface area contributed by atoms with Gasteiger partial charge in [-0.3, -0.25) is 0 Å². The number of nitrogens with zero attached hydrogens (tertiary/aromatic N) is 2. The van der Waals surface area contributed by atoms with Crippen LogP contribution in [0.2, 0.25) is 0 Å². The van der Waals surface area contributed by atoms with E-state index in [1.165, 1.54) is 6.20 Å². The van der Waals surface area contributed by atoms with E-state index in [-0.39, 0.29) is 0 Å². The summed E-state index contributed by atoms with van der Waals surface area (Å²) in [5.41, 5.74) is 0.819. The van der Waals surface area contributed by atoms with E-state index in [0.29, 0.717) is 10.4 Å². The molecule has 1 rings (SSSR count). The van der Waals surface area contributed by atoms with E-state index >= 15 is 0 Å². The summed E-state index contributed by atoms with van der Waals surface area (Å²) in [5, 5.41) is 9.06. The van der Waals surface area contributed by atoms with Gasteiger partial charge in [-0.25, -0.2) is 4.79 Å². The molecular weight excluding hydrogens is 144 g/mol. The van der Waals surface area contributed by atoms with Crippen molar-refractivity contribution in [3.8, 4) is 0 Å². The molecule has 11 heavy (non-hydrogen) atoms. The zero-order valence-electron chi connectivity index (χ0n) is 6.53. The van der Waals surface area contributed by atoms with Crippen LogP contribution in [0.15, 0.2) is 11.0 Å². The summed E-state index contributed by atoms with van der Waals surface area (Å²) >= 11 is 0. The highest BCUT2D eigenvalue weighted by molar-refractivity contribution is 5.14. The van der Waals surface area contributed by atoms with Crippen LogP contribution in [0.3, 0.4) is 0 Å². The molecule has 1 aromatic heterocycles. The molecule has 1 N–H and O–H groups in total. The van der Waals surface area contributed by atoms with Crippen LogP contribution in [0.4, 0.5) is 0 Å². The van der Waals surface area contributed by atoms with Crippen molar-refractivity contribution in [2.24, 2.45) is 0 Å². The minimum absolute atomic E-state index is 0.563. The summed E-state index contributed by atoms with van der Waals surface area (Å²) in [5.74, 6) is 0. The quantitative estimate of drug-likeness (QED) is 0.594. The standard InChI is InChI=1S/C7H10N2O2/c1-3-6-4-8-7(10)9(11)5(6)2/h4,11H,3H2,1-2H3. The number of aryl methyl sites for hydroxylation is 1. The number of rotatable bonds is 1. The largest absolute Gasteiger partial charge is 0.424 e. The summed E-state index contributed by atoms with van der Waals surface area (Å²) < 4.78 is 0.568. The predicted octanol–water partition coefficient (Wildman–Crippen LogP) is 0.351. The molecule has 1 aromatic rings. The highest BCUT2D eigenvalue weighted by atomic mass is 16.5. The Morgan fingerprint density at radius 1 is 1.73 bits per heavy atom. The Morgan fingerprint density at radius 2 is 2.36 bits per heavy atom. The maximum absolute atomic E-state index is 10.7. The van der Waals surface area contributed by atoms with Gasteiger partial charge in [0.25, 0.3) is 0 Å². The van der Waals surface area contributed by atoms with Crippen LogP contribution < -0.4 is 5.69 Å². The van der Waals surface area contributed by atoms with Crippen molar-refractivity contribution >= 4 is 0 Å². The molecule has 0 aliphatic heterocycles. The first-order valence-corrected chi connectivity index (χ1v) is 3.43. The van der Waals surface area contributed by atoms with E-state index < -0.39 is 5.69 Å². The Morgan fingerprint density at radius 3 is 2.91 bits per heavy atom. The van der Waals surface area contributed by atoms with Gasteiger partial charge < -0.3 is 5.21 Å². The predicted molar refractivity (Wildman–Crippen MR) is 39.8 cm³/mol. The lowest BCUT2D eigenvalue weighted by atomic mass is 10.2. The van der Waals surface area contributed by atoms with E-state index in [4.69, 9.17) is 5.21 Å². The van der Waals surface area contributed by atoms with Gasteiger partial charge in [-0.1, -0.05) is 6.92 Å². The number of hydrogen-bond donors (Lipinski definition) is 1. The normalized spacial score (nSPS) is 10.0. The lowest BCUT2D eigenvalue weighted by Gasteiger charge is -2.03. The van der Waals surface area contributed by atoms with Crippen molar-refractivity contribution in [2.75, 3.05) is 0 Å². The molecule has 1 heterocycles. The summed E-state index contributed by atoms with van der Waals surface area (Å²) in [7, 11) is 0. The van der Waals surface area contributed by atoms with Gasteiger partial charge in [-0.15, -0.1) is 4.73 Å². The van der Waals surface area contributed by atoms with Gasteiger partial charge in [-0.2, -0.15) is 4.98 Å². The van der Waals surface area contributed by atoms with Gasteiger partial charge in [0.15, 0.2) is 0 Å². The fourth-order valence-electron chi connectivity index (χ4n) is 0.908. The van der Waals surface area contributed by atoms with Crippen LogP contribution in [0.1, 0.15) is 18.2 Å². The Kier molecular flexibility index (Phi) is 1.94. The second kappa shape index (κ2) is 2.74. The van der Waals surface area contributed by atoms with Gasteiger partial charge in [0.1, 0.15) is 0 Å². The van der Waals surface area contributed by atoms with E-state index in [0.717, 1.165) is 12.0 Å². The van der Waals surface area contributed by atoms with Crippen molar-refractivity contribution in [1.29, 1.82) is 0 Å². The molecule has 60 valence electrons. The summed E-state index contributed by atoms with van der Waals surface area (Å²) in [6.45, 7) is 3.62. The topological polar surface area (TPSA) is 55.1 Å². The lowest BCUT2D eigenvalue weighted by molar-refractivity contribution is 0.162. The first-order valence-electron chi connectivity index (χ1n) is 3.43. The zero-order chi connectivity index (χ0) is 8.43. The van der Waals surface area contributed by atoms with Crippen molar-refractivity contribution in [2.45, 2.75) is 20.3 Å². The van der Waals surface area contributed by atoms with E-state index in [1.807, 2.05) is 6.92 Å². The summed E-state index contributed by atoms with van der Waals surface area (Å²) in [4.78, 5) is 14.2. The SMILES string of the molecule is CCc1cnc(=O)n(O)c1C. The fraction of sp³-hybridized carbons (Fsp3) is 0.429. The fourth-order valence-corrected chi connectivity index (χ4v) is 0.908. The molecule has 0 aliphatic carbocycles. The molecule has 0 radical (unpaired) electrons. The highest BCUT2D eigenvalue weighted by Gasteiger charge is 2.02. The van der Waals surface area contributed by atoms with Gasteiger partial charge >= 0.3 is 5.69 Å². The molecule has 4 nitrogen and oxygen atoms in total. The summed E-state index contributed by atoms with van der Waals surface area (Å²) in [6, 6.07) is 0. The third-order valence-electron chi connectivity index (χ3n) is 1.68. The number of aromatic nitrogens is 2. The molecule has 4 heteroatoms. The van der Waals surface area contributed by atoms with Gasteiger partial charge in [0.05, 0.1) is 5.69 Å². The average molecular weight is 154 g/mol. The molecule has 0 aliphatic rings. The third kappa shape index (κ3) is 1.24. The minimum Gasteiger partial charge on any atom is -0.424 e. The molecule has 0 aromatic carbocycles. The second-order valence-corrected chi connectivity index (χ2v) is 2.32. The van der Waals surface area contributed by atoms with Crippen LogP contribution >= 0.6 is 0 Å². The maximum Gasteiger partial charge on any atom is 0.380 e. The van der Waals surface area contributed by atoms with Crippen molar-refractivity contribution < 1.29 is 5.21 Å². The Hall–Kier alpha value is -1.32. The van der Waals surface area contributed by atoms with Crippen LogP contribution in [0.25, 0.3) is 0 Å². The van der Waals surface area contributed by atoms with Crippen molar-refractivity contribution in [3.05, 3.63) is 27.9 Å². The lowest BCUT2D eigenvalue weighted by Crippen LogP contribution is -2.23. The van der Waals surface area contributed by atoms with Crippen molar-refractivity contribution in [1.82, 2.24) is 9.71 Å². The molecule has 0 spiro atoms. The van der Waals surface area contributed by atoms with Crippen LogP contribution in [-0.2, 0) is 6.42 Å². The first kappa shape index (κ1) is 7.78. The highest BCUT2D eigenvalue weighted by Crippen LogP contribution is 2.01. The molecule has 0 saturated carbocycles. The Balaban J connectivity index is 3.37. The van der Waals surface area contributed by atoms with Crippen LogP contribution in [0.5, 0.6) is 0 Å². The molecule has 0 bridgehead atoms. The molecular formula is C7H10N2O2. The molecule has 0 amide bonds. The summed E-state index contributed by atoms with van der Waals surface area (Å²) in [6.07, 6.45) is 2.25. The van der Waals surface area contributed by atoms with E-state index in [1.54, 1.807) is 6.92 Å². The molecule has 0 saturated heterocycles. The zero-order valence-corrected chi connectivity index (χ0v) is 6.53. The van der Waals surface area contributed by atoms with E-state index in [2.05, 4.69) is 4.98 Å². The molecule has 0 atom stereocenters.